The van der Waals surface area contributed by atoms with Crippen LogP contribution in [0, 0.1) is 0 Å². The lowest BCUT2D eigenvalue weighted by Crippen LogP contribution is -2.43. The first-order valence-electron chi connectivity index (χ1n) is 11.7. The van der Waals surface area contributed by atoms with E-state index in [1.807, 2.05) is 25.1 Å². The topological polar surface area (TPSA) is 79.0 Å². The first-order valence-corrected chi connectivity index (χ1v) is 12.4. The molecule has 186 valence electrons. The lowest BCUT2D eigenvalue weighted by molar-refractivity contribution is 0.227. The van der Waals surface area contributed by atoms with Crippen molar-refractivity contribution in [1.29, 1.82) is 0 Å². The lowest BCUT2D eigenvalue weighted by atomic mass is 10.1. The highest BCUT2D eigenvalue weighted by Gasteiger charge is 2.17. The Labute approximate surface area is 218 Å². The minimum absolute atomic E-state index is 0.406. The summed E-state index contributed by atoms with van der Waals surface area (Å²) in [6.45, 7) is 6.53. The van der Waals surface area contributed by atoms with Crippen LogP contribution in [0.1, 0.15) is 35.5 Å². The van der Waals surface area contributed by atoms with E-state index in [-0.39, 0.29) is 0 Å². The summed E-state index contributed by atoms with van der Waals surface area (Å²) in [6, 6.07) is 9.05. The second kappa shape index (κ2) is 10.9. The van der Waals surface area contributed by atoms with Crippen molar-refractivity contribution in [2.45, 2.75) is 19.6 Å². The third-order valence-electron chi connectivity index (χ3n) is 6.13. The summed E-state index contributed by atoms with van der Waals surface area (Å²) in [5.74, 6) is 0.172. The summed E-state index contributed by atoms with van der Waals surface area (Å²) in [4.78, 5) is 10.8. The first-order chi connectivity index (χ1) is 17.5. The number of hydrogen-bond acceptors (Lipinski definition) is 6. The van der Waals surface area contributed by atoms with Gasteiger partial charge in [0.15, 0.2) is 0 Å². The first kappa shape index (κ1) is 24.6. The number of aromatic nitrogens is 4. The van der Waals surface area contributed by atoms with Gasteiger partial charge in [0.05, 0.1) is 26.9 Å². The number of H-pyrrole nitrogens is 1. The Kier molecular flexibility index (Phi) is 7.48. The van der Waals surface area contributed by atoms with Gasteiger partial charge in [-0.05, 0) is 37.3 Å². The van der Waals surface area contributed by atoms with Crippen LogP contribution in [-0.4, -0.2) is 51.2 Å². The highest BCUT2D eigenvalue weighted by Crippen LogP contribution is 2.34. The number of benzene rings is 1. The van der Waals surface area contributed by atoms with Crippen LogP contribution in [0.25, 0.3) is 22.8 Å². The van der Waals surface area contributed by atoms with Crippen molar-refractivity contribution in [2.75, 3.05) is 26.2 Å². The van der Waals surface area contributed by atoms with E-state index >= 15 is 4.39 Å². The van der Waals surface area contributed by atoms with Crippen molar-refractivity contribution >= 4 is 46.0 Å². The zero-order chi connectivity index (χ0) is 25.1. The third kappa shape index (κ3) is 5.52. The number of nitrogens with one attached hydrogen (secondary N) is 2. The van der Waals surface area contributed by atoms with Crippen molar-refractivity contribution in [3.8, 4) is 5.75 Å². The highest BCUT2D eigenvalue weighted by atomic mass is 35.5. The molecule has 0 radical (unpaired) electrons. The van der Waals surface area contributed by atoms with Crippen LogP contribution in [-0.2, 0) is 6.54 Å². The molecule has 0 unspecified atom stereocenters. The number of pyridine rings is 2. The van der Waals surface area contributed by atoms with Gasteiger partial charge in [0.2, 0.25) is 0 Å². The van der Waals surface area contributed by atoms with Crippen molar-refractivity contribution in [3.63, 3.8) is 0 Å². The number of aromatic amines is 1. The summed E-state index contributed by atoms with van der Waals surface area (Å²) in [5, 5.41) is 12.1. The molecule has 4 heterocycles. The van der Waals surface area contributed by atoms with E-state index in [1.165, 1.54) is 18.5 Å². The standard InChI is InChI=1S/C26H25Cl2FN6O/c1-16(26-21(27)13-31-14-22(26)28)36-19-4-5-24-20(10-19)25(34-33-24)11-23(29)17-2-3-18(32-12-17)15-35-8-6-30-7-9-35/h2-5,10-14,16,30H,6-9,15H2,1H3,(H,33,34)/b23-11-/t16-/m1/s1. The summed E-state index contributed by atoms with van der Waals surface area (Å²) < 4.78 is 21.2. The van der Waals surface area contributed by atoms with Crippen LogP contribution >= 0.6 is 23.2 Å². The molecule has 0 aliphatic carbocycles. The number of fused-ring (bicyclic) bond motifs is 1. The normalized spacial score (nSPS) is 15.8. The van der Waals surface area contributed by atoms with Gasteiger partial charge in [0, 0.05) is 73.9 Å². The number of ether oxygens (including phenoxy) is 1. The Hall–Kier alpha value is -3.04. The van der Waals surface area contributed by atoms with Crippen LogP contribution in [0.2, 0.25) is 10.0 Å². The molecule has 10 heteroatoms. The Morgan fingerprint density at radius 2 is 1.92 bits per heavy atom. The number of halogens is 3. The smallest absolute Gasteiger partial charge is 0.134 e. The van der Waals surface area contributed by atoms with Gasteiger partial charge < -0.3 is 10.1 Å². The molecule has 7 nitrogen and oxygen atoms in total. The Balaban J connectivity index is 1.33. The average molecular weight is 527 g/mol. The summed E-state index contributed by atoms with van der Waals surface area (Å²) in [7, 11) is 0. The summed E-state index contributed by atoms with van der Waals surface area (Å²) in [5.41, 5.74) is 3.21. The van der Waals surface area contributed by atoms with Crippen molar-refractivity contribution < 1.29 is 9.13 Å². The molecule has 5 rings (SSSR count). The Morgan fingerprint density at radius 1 is 1.14 bits per heavy atom. The van der Waals surface area contributed by atoms with Crippen LogP contribution in [0.15, 0.2) is 48.9 Å². The van der Waals surface area contributed by atoms with Crippen LogP contribution in [0.3, 0.4) is 0 Å². The molecule has 1 aliphatic rings. The molecule has 0 saturated carbocycles. The molecule has 0 bridgehead atoms. The Morgan fingerprint density at radius 3 is 2.64 bits per heavy atom. The predicted octanol–water partition coefficient (Wildman–Crippen LogP) is 5.67. The fraction of sp³-hybridized carbons (Fsp3) is 0.269. The van der Waals surface area contributed by atoms with Crippen molar-refractivity contribution in [3.05, 3.63) is 81.5 Å². The number of piperazine rings is 1. The molecule has 1 aromatic carbocycles. The molecule has 0 amide bonds. The number of hydrogen-bond donors (Lipinski definition) is 2. The van der Waals surface area contributed by atoms with Crippen LogP contribution in [0.4, 0.5) is 4.39 Å². The monoisotopic (exact) mass is 526 g/mol. The van der Waals surface area contributed by atoms with E-state index in [4.69, 9.17) is 27.9 Å². The molecular formula is C26H25Cl2FN6O. The third-order valence-corrected chi connectivity index (χ3v) is 6.73. The second-order valence-electron chi connectivity index (χ2n) is 8.65. The molecule has 36 heavy (non-hydrogen) atoms. The van der Waals surface area contributed by atoms with E-state index in [0.29, 0.717) is 38.1 Å². The molecule has 1 fully saturated rings. The molecular weight excluding hydrogens is 502 g/mol. The quantitative estimate of drug-likeness (QED) is 0.323. The van der Waals surface area contributed by atoms with Crippen molar-refractivity contribution in [2.24, 2.45) is 0 Å². The zero-order valence-corrected chi connectivity index (χ0v) is 21.2. The predicted molar refractivity (Wildman–Crippen MR) is 141 cm³/mol. The fourth-order valence-corrected chi connectivity index (χ4v) is 4.90. The molecule has 1 aliphatic heterocycles. The Bertz CT molecular complexity index is 1360. The van der Waals surface area contributed by atoms with Gasteiger partial charge in [-0.3, -0.25) is 20.0 Å². The second-order valence-corrected chi connectivity index (χ2v) is 9.46. The molecule has 2 N–H and O–H groups in total. The fourth-order valence-electron chi connectivity index (χ4n) is 4.23. The summed E-state index contributed by atoms with van der Waals surface area (Å²) in [6.07, 6.45) is 5.63. The van der Waals surface area contributed by atoms with Gasteiger partial charge in [-0.25, -0.2) is 4.39 Å². The van der Waals surface area contributed by atoms with E-state index < -0.39 is 11.9 Å². The SMILES string of the molecule is C[C@@H](Oc1ccc2n[nH]c(/C=C(\F)c3ccc(CN4CCNCC4)nc3)c2c1)c1c(Cl)cncc1Cl. The van der Waals surface area contributed by atoms with Gasteiger partial charge >= 0.3 is 0 Å². The maximum Gasteiger partial charge on any atom is 0.134 e. The van der Waals surface area contributed by atoms with Gasteiger partial charge in [-0.15, -0.1) is 0 Å². The summed E-state index contributed by atoms with van der Waals surface area (Å²) >= 11 is 12.5. The number of rotatable bonds is 7. The van der Waals surface area contributed by atoms with Crippen LogP contribution in [0.5, 0.6) is 5.75 Å². The maximum absolute atomic E-state index is 15.1. The van der Waals surface area contributed by atoms with Gasteiger partial charge in [0.1, 0.15) is 17.7 Å². The van der Waals surface area contributed by atoms with Gasteiger partial charge in [0.25, 0.3) is 0 Å². The number of nitrogens with zero attached hydrogens (tertiary/aromatic N) is 4. The lowest BCUT2D eigenvalue weighted by Gasteiger charge is -2.26. The molecule has 4 aromatic rings. The van der Waals surface area contributed by atoms with E-state index in [2.05, 4.69) is 30.4 Å². The van der Waals surface area contributed by atoms with Crippen molar-refractivity contribution in [1.82, 2.24) is 30.4 Å². The van der Waals surface area contributed by atoms with Crippen LogP contribution < -0.4 is 10.1 Å². The van der Waals surface area contributed by atoms with E-state index in [9.17, 15) is 0 Å². The van der Waals surface area contributed by atoms with E-state index in [1.54, 1.807) is 18.3 Å². The minimum Gasteiger partial charge on any atom is -0.486 e. The largest absolute Gasteiger partial charge is 0.486 e. The maximum atomic E-state index is 15.1. The minimum atomic E-state index is -0.418. The van der Waals surface area contributed by atoms with E-state index in [0.717, 1.165) is 43.8 Å². The van der Waals surface area contributed by atoms with Gasteiger partial charge in [-0.2, -0.15) is 5.10 Å². The zero-order valence-electron chi connectivity index (χ0n) is 19.6. The molecule has 1 saturated heterocycles. The molecule has 0 spiro atoms. The average Bonchev–Trinajstić information content (AvgIpc) is 3.27. The van der Waals surface area contributed by atoms with Gasteiger partial charge in [-0.1, -0.05) is 23.2 Å². The molecule has 1 atom stereocenters. The highest BCUT2D eigenvalue weighted by molar-refractivity contribution is 6.35. The molecule has 3 aromatic heterocycles.